The molecule has 0 bridgehead atoms. The van der Waals surface area contributed by atoms with Gasteiger partial charge in [-0.1, -0.05) is 57.2 Å². The quantitative estimate of drug-likeness (QED) is 0.592. The van der Waals surface area contributed by atoms with E-state index in [1.165, 1.54) is 16.7 Å². The Morgan fingerprint density at radius 3 is 2.11 bits per heavy atom. The molecule has 1 amide bonds. The molecule has 0 saturated carbocycles. The van der Waals surface area contributed by atoms with Crippen LogP contribution in [0.5, 0.6) is 0 Å². The zero-order valence-corrected chi connectivity index (χ0v) is 16.6. The minimum atomic E-state index is -0.137. The largest absolute Gasteiger partial charge is 0.323 e. The zero-order chi connectivity index (χ0) is 20.0. The van der Waals surface area contributed by atoms with Gasteiger partial charge in [-0.05, 0) is 64.4 Å². The highest BCUT2D eigenvalue weighted by molar-refractivity contribution is 6.01. The number of anilines is 1. The molecule has 1 N–H and O–H groups in total. The van der Waals surface area contributed by atoms with Crippen molar-refractivity contribution >= 4 is 17.7 Å². The number of benzene rings is 2. The van der Waals surface area contributed by atoms with Gasteiger partial charge < -0.3 is 5.32 Å². The van der Waals surface area contributed by atoms with Crippen LogP contribution < -0.4 is 5.32 Å². The predicted molar refractivity (Wildman–Crippen MR) is 116 cm³/mol. The lowest BCUT2D eigenvalue weighted by Crippen LogP contribution is -2.10. The van der Waals surface area contributed by atoms with Gasteiger partial charge in [-0.3, -0.25) is 9.78 Å². The molecule has 0 aliphatic carbocycles. The third-order valence-corrected chi connectivity index (χ3v) is 4.58. The molecule has 0 radical (unpaired) electrons. The first-order valence-electron chi connectivity index (χ1n) is 9.48. The van der Waals surface area contributed by atoms with Crippen molar-refractivity contribution in [2.24, 2.45) is 0 Å². The number of carbonyl (C=O) groups is 1. The van der Waals surface area contributed by atoms with Gasteiger partial charge in [-0.25, -0.2) is 0 Å². The van der Waals surface area contributed by atoms with E-state index >= 15 is 0 Å². The minimum absolute atomic E-state index is 0.128. The Hall–Kier alpha value is -3.20. The average molecular weight is 370 g/mol. The van der Waals surface area contributed by atoms with Crippen LogP contribution in [0, 0.1) is 0 Å². The van der Waals surface area contributed by atoms with Crippen molar-refractivity contribution in [3.8, 4) is 0 Å². The lowest BCUT2D eigenvalue weighted by molar-refractivity contribution is -0.111. The summed E-state index contributed by atoms with van der Waals surface area (Å²) in [4.78, 5) is 16.2. The van der Waals surface area contributed by atoms with Gasteiger partial charge >= 0.3 is 0 Å². The highest BCUT2D eigenvalue weighted by Gasteiger charge is 2.12. The topological polar surface area (TPSA) is 42.0 Å². The van der Waals surface area contributed by atoms with E-state index in [-0.39, 0.29) is 11.3 Å². The first-order chi connectivity index (χ1) is 13.4. The number of hydrogen-bond donors (Lipinski definition) is 1. The number of hydrogen-bond acceptors (Lipinski definition) is 2. The van der Waals surface area contributed by atoms with Crippen molar-refractivity contribution in [2.45, 2.75) is 32.6 Å². The van der Waals surface area contributed by atoms with E-state index in [1.54, 1.807) is 18.5 Å². The minimum Gasteiger partial charge on any atom is -0.323 e. The molecule has 0 atom stereocenters. The van der Waals surface area contributed by atoms with Crippen LogP contribution in [-0.4, -0.2) is 10.9 Å². The summed E-state index contributed by atoms with van der Waals surface area (Å²) in [6, 6.07) is 20.2. The summed E-state index contributed by atoms with van der Waals surface area (Å²) in [7, 11) is 0. The molecule has 0 spiro atoms. The Balaban J connectivity index is 1.56. The summed E-state index contributed by atoms with van der Waals surface area (Å²) in [6.07, 6.45) is 7.84. The van der Waals surface area contributed by atoms with Crippen LogP contribution in [-0.2, 0) is 16.6 Å². The number of pyridine rings is 1. The molecule has 0 fully saturated rings. The lowest BCUT2D eigenvalue weighted by Gasteiger charge is -2.18. The molecule has 1 aromatic heterocycles. The maximum Gasteiger partial charge on any atom is 0.248 e. The normalized spacial score (nSPS) is 11.5. The van der Waals surface area contributed by atoms with Gasteiger partial charge in [-0.15, -0.1) is 0 Å². The third-order valence-electron chi connectivity index (χ3n) is 4.58. The fourth-order valence-electron chi connectivity index (χ4n) is 2.89. The molecule has 3 aromatic rings. The van der Waals surface area contributed by atoms with Crippen molar-refractivity contribution in [3.05, 3.63) is 101 Å². The van der Waals surface area contributed by atoms with Gasteiger partial charge in [0.1, 0.15) is 0 Å². The SMILES string of the molecule is CC(C)(C)c1ccc(/C=C/C(=O)Nc2ccc(Cc3ccncc3)cc2)cc1. The standard InChI is InChI=1S/C25H26N2O/c1-25(2,3)22-9-4-19(5-10-22)8-13-24(28)27-23-11-6-20(7-12-23)18-21-14-16-26-17-15-21/h4-17H,18H2,1-3H3,(H,27,28)/b13-8+. The van der Waals surface area contributed by atoms with Crippen molar-refractivity contribution in [1.82, 2.24) is 4.98 Å². The Kier molecular flexibility index (Phi) is 6.05. The first-order valence-corrected chi connectivity index (χ1v) is 9.48. The second kappa shape index (κ2) is 8.66. The van der Waals surface area contributed by atoms with Crippen LogP contribution in [0.2, 0.25) is 0 Å². The summed E-state index contributed by atoms with van der Waals surface area (Å²) in [5, 5.41) is 2.90. The molecule has 28 heavy (non-hydrogen) atoms. The monoisotopic (exact) mass is 370 g/mol. The van der Waals surface area contributed by atoms with Gasteiger partial charge in [0.15, 0.2) is 0 Å². The Morgan fingerprint density at radius 2 is 1.50 bits per heavy atom. The molecule has 0 aliphatic rings. The summed E-state index contributed by atoms with van der Waals surface area (Å²) in [5.41, 5.74) is 5.61. The van der Waals surface area contributed by atoms with E-state index in [0.29, 0.717) is 0 Å². The molecule has 142 valence electrons. The molecular weight excluding hydrogens is 344 g/mol. The van der Waals surface area contributed by atoms with Gasteiger partial charge in [0.05, 0.1) is 0 Å². The van der Waals surface area contributed by atoms with Crippen LogP contribution >= 0.6 is 0 Å². The third kappa shape index (κ3) is 5.65. The average Bonchev–Trinajstić information content (AvgIpc) is 2.68. The van der Waals surface area contributed by atoms with E-state index in [4.69, 9.17) is 0 Å². The van der Waals surface area contributed by atoms with Crippen LogP contribution in [0.4, 0.5) is 5.69 Å². The van der Waals surface area contributed by atoms with Gasteiger partial charge in [-0.2, -0.15) is 0 Å². The van der Waals surface area contributed by atoms with Crippen LogP contribution in [0.1, 0.15) is 43.0 Å². The van der Waals surface area contributed by atoms with Gasteiger partial charge in [0.2, 0.25) is 5.91 Å². The molecule has 3 nitrogen and oxygen atoms in total. The molecule has 0 aliphatic heterocycles. The Labute approximate surface area is 167 Å². The lowest BCUT2D eigenvalue weighted by atomic mass is 9.87. The summed E-state index contributed by atoms with van der Waals surface area (Å²) in [6.45, 7) is 6.56. The number of nitrogens with one attached hydrogen (secondary N) is 1. The zero-order valence-electron chi connectivity index (χ0n) is 16.6. The van der Waals surface area contributed by atoms with Gasteiger partial charge in [0, 0.05) is 24.2 Å². The number of carbonyl (C=O) groups excluding carboxylic acids is 1. The summed E-state index contributed by atoms with van der Waals surface area (Å²) in [5.74, 6) is -0.137. The maximum atomic E-state index is 12.2. The van der Waals surface area contributed by atoms with E-state index in [2.05, 4.69) is 43.2 Å². The maximum absolute atomic E-state index is 12.2. The molecule has 1 heterocycles. The molecular formula is C25H26N2O. The van der Waals surface area contributed by atoms with E-state index in [1.807, 2.05) is 54.6 Å². The van der Waals surface area contributed by atoms with E-state index < -0.39 is 0 Å². The summed E-state index contributed by atoms with van der Waals surface area (Å²) >= 11 is 0. The van der Waals surface area contributed by atoms with Crippen LogP contribution in [0.3, 0.4) is 0 Å². The first kappa shape index (κ1) is 19.6. The predicted octanol–water partition coefficient (Wildman–Crippen LogP) is 5.62. The molecule has 3 rings (SSSR count). The van der Waals surface area contributed by atoms with Gasteiger partial charge in [0.25, 0.3) is 0 Å². The van der Waals surface area contributed by atoms with Crippen molar-refractivity contribution < 1.29 is 4.79 Å². The molecule has 3 heteroatoms. The van der Waals surface area contributed by atoms with Crippen LogP contribution in [0.25, 0.3) is 6.08 Å². The molecule has 0 unspecified atom stereocenters. The smallest absolute Gasteiger partial charge is 0.248 e. The fraction of sp³-hybridized carbons (Fsp3) is 0.200. The highest BCUT2D eigenvalue weighted by Crippen LogP contribution is 2.22. The Bertz CT molecular complexity index is 935. The van der Waals surface area contributed by atoms with Crippen molar-refractivity contribution in [2.75, 3.05) is 5.32 Å². The van der Waals surface area contributed by atoms with E-state index in [0.717, 1.165) is 17.7 Å². The fourth-order valence-corrected chi connectivity index (χ4v) is 2.89. The second-order valence-corrected chi connectivity index (χ2v) is 7.92. The van der Waals surface area contributed by atoms with E-state index in [9.17, 15) is 4.79 Å². The summed E-state index contributed by atoms with van der Waals surface area (Å²) < 4.78 is 0. The number of nitrogens with zero attached hydrogens (tertiary/aromatic N) is 1. The number of aromatic nitrogens is 1. The van der Waals surface area contributed by atoms with Crippen LogP contribution in [0.15, 0.2) is 79.1 Å². The number of amides is 1. The number of rotatable bonds is 5. The Morgan fingerprint density at radius 1 is 0.893 bits per heavy atom. The second-order valence-electron chi connectivity index (χ2n) is 7.92. The molecule has 2 aromatic carbocycles. The highest BCUT2D eigenvalue weighted by atomic mass is 16.1. The van der Waals surface area contributed by atoms with Crippen molar-refractivity contribution in [1.29, 1.82) is 0 Å². The molecule has 0 saturated heterocycles. The van der Waals surface area contributed by atoms with Crippen molar-refractivity contribution in [3.63, 3.8) is 0 Å².